The molecule has 0 atom stereocenters. The summed E-state index contributed by atoms with van der Waals surface area (Å²) in [6.07, 6.45) is 5.93. The molecule has 4 rings (SSSR count). The fourth-order valence-corrected chi connectivity index (χ4v) is 4.65. The van der Waals surface area contributed by atoms with Gasteiger partial charge in [-0.1, -0.05) is 30.1 Å². The van der Waals surface area contributed by atoms with Crippen LogP contribution >= 0.6 is 0 Å². The summed E-state index contributed by atoms with van der Waals surface area (Å²) in [5, 5.41) is 3.94. The fraction of sp³-hybridized carbons (Fsp3) is 0.560. The number of rotatable bonds is 7. The van der Waals surface area contributed by atoms with Gasteiger partial charge in [-0.2, -0.15) is 0 Å². The van der Waals surface area contributed by atoms with Crippen LogP contribution < -0.4 is 4.74 Å². The smallest absolute Gasteiger partial charge is 0.227 e. The molecule has 2 fully saturated rings. The maximum atomic E-state index is 12.7. The highest BCUT2D eigenvalue weighted by Gasteiger charge is 2.26. The number of aromatic nitrogens is 1. The zero-order valence-corrected chi connectivity index (χ0v) is 19.1. The highest BCUT2D eigenvalue weighted by atomic mass is 16.5. The van der Waals surface area contributed by atoms with Gasteiger partial charge in [0.2, 0.25) is 11.8 Å². The molecule has 32 heavy (non-hydrogen) atoms. The zero-order chi connectivity index (χ0) is 22.5. The van der Waals surface area contributed by atoms with Crippen LogP contribution in [0.3, 0.4) is 0 Å². The minimum absolute atomic E-state index is 0.109. The van der Waals surface area contributed by atoms with E-state index in [4.69, 9.17) is 9.26 Å². The van der Waals surface area contributed by atoms with E-state index in [0.29, 0.717) is 51.5 Å². The second-order valence-corrected chi connectivity index (χ2v) is 9.03. The molecule has 172 valence electrons. The third kappa shape index (κ3) is 5.50. The van der Waals surface area contributed by atoms with E-state index in [1.165, 1.54) is 25.7 Å². The molecule has 2 amide bonds. The molecule has 0 radical (unpaired) electrons. The molecular formula is C25H33N3O4. The molecule has 0 spiro atoms. The maximum Gasteiger partial charge on any atom is 0.227 e. The van der Waals surface area contributed by atoms with E-state index in [-0.39, 0.29) is 11.8 Å². The van der Waals surface area contributed by atoms with Crippen LogP contribution in [0.25, 0.3) is 0 Å². The van der Waals surface area contributed by atoms with E-state index >= 15 is 0 Å². The van der Waals surface area contributed by atoms with Crippen LogP contribution in [0.1, 0.15) is 54.7 Å². The lowest BCUT2D eigenvalue weighted by atomic mass is 10.0. The number of aryl methyl sites for hydroxylation is 2. The minimum Gasteiger partial charge on any atom is -0.489 e. The van der Waals surface area contributed by atoms with Gasteiger partial charge in [0.1, 0.15) is 18.1 Å². The average molecular weight is 440 g/mol. The Balaban J connectivity index is 1.21. The van der Waals surface area contributed by atoms with Gasteiger partial charge in [0.15, 0.2) is 0 Å². The van der Waals surface area contributed by atoms with Gasteiger partial charge in [-0.15, -0.1) is 0 Å². The van der Waals surface area contributed by atoms with Gasteiger partial charge in [0.25, 0.3) is 0 Å². The van der Waals surface area contributed by atoms with Crippen molar-refractivity contribution in [3.8, 4) is 5.75 Å². The van der Waals surface area contributed by atoms with E-state index in [2.05, 4.69) is 5.16 Å². The zero-order valence-electron chi connectivity index (χ0n) is 19.1. The molecule has 1 saturated heterocycles. The van der Waals surface area contributed by atoms with Crippen LogP contribution in [0.15, 0.2) is 28.8 Å². The molecule has 2 heterocycles. The number of carbonyl (C=O) groups excluding carboxylic acids is 2. The first-order valence-electron chi connectivity index (χ1n) is 11.7. The van der Waals surface area contributed by atoms with Gasteiger partial charge >= 0.3 is 0 Å². The Labute approximate surface area is 189 Å². The maximum absolute atomic E-state index is 12.7. The average Bonchev–Trinajstić information content (AvgIpc) is 3.43. The van der Waals surface area contributed by atoms with Crippen LogP contribution in [0.4, 0.5) is 0 Å². The molecule has 0 unspecified atom stereocenters. The summed E-state index contributed by atoms with van der Waals surface area (Å²) in [5.41, 5.74) is 2.76. The van der Waals surface area contributed by atoms with Crippen molar-refractivity contribution < 1.29 is 18.8 Å². The monoisotopic (exact) mass is 439 g/mol. The minimum atomic E-state index is 0.109. The molecule has 1 saturated carbocycles. The summed E-state index contributed by atoms with van der Waals surface area (Å²) < 4.78 is 11.0. The van der Waals surface area contributed by atoms with Gasteiger partial charge in [0, 0.05) is 32.6 Å². The Morgan fingerprint density at radius 3 is 2.22 bits per heavy atom. The van der Waals surface area contributed by atoms with Crippen LogP contribution in [-0.2, 0) is 22.6 Å². The second kappa shape index (κ2) is 10.2. The number of carbonyl (C=O) groups is 2. The Bertz CT molecular complexity index is 904. The number of benzene rings is 1. The van der Waals surface area contributed by atoms with Crippen LogP contribution in [0.5, 0.6) is 5.75 Å². The van der Waals surface area contributed by atoms with Crippen LogP contribution in [0, 0.1) is 19.8 Å². The topological polar surface area (TPSA) is 75.9 Å². The summed E-state index contributed by atoms with van der Waals surface area (Å²) in [4.78, 5) is 29.1. The quantitative estimate of drug-likeness (QED) is 0.658. The summed E-state index contributed by atoms with van der Waals surface area (Å²) in [5.74, 6) is 2.45. The molecule has 1 aromatic heterocycles. The third-order valence-corrected chi connectivity index (χ3v) is 6.77. The Kier molecular flexibility index (Phi) is 7.12. The number of hydrogen-bond donors (Lipinski definition) is 0. The molecular weight excluding hydrogens is 406 g/mol. The molecule has 1 aromatic carbocycles. The molecule has 0 N–H and O–H groups in total. The summed E-state index contributed by atoms with van der Waals surface area (Å²) in [7, 11) is 0. The molecule has 2 aromatic rings. The largest absolute Gasteiger partial charge is 0.489 e. The summed E-state index contributed by atoms with van der Waals surface area (Å²) in [6.45, 7) is 6.70. The molecule has 7 nitrogen and oxygen atoms in total. The third-order valence-electron chi connectivity index (χ3n) is 6.77. The fourth-order valence-electron chi connectivity index (χ4n) is 4.65. The second-order valence-electron chi connectivity index (χ2n) is 9.03. The molecule has 1 aliphatic carbocycles. The Hall–Kier alpha value is -2.83. The van der Waals surface area contributed by atoms with Gasteiger partial charge in [-0.05, 0) is 50.3 Å². The van der Waals surface area contributed by atoms with Crippen molar-refractivity contribution in [2.45, 2.75) is 59.0 Å². The SMILES string of the molecule is Cc1noc(C)c1COc1ccc(CC(=O)N2CCN(C(=O)CC3CCCC3)CC2)cc1. The molecule has 1 aliphatic heterocycles. The molecule has 7 heteroatoms. The van der Waals surface area contributed by atoms with Gasteiger partial charge in [0.05, 0.1) is 17.7 Å². The lowest BCUT2D eigenvalue weighted by molar-refractivity contribution is -0.139. The van der Waals surface area contributed by atoms with Gasteiger partial charge in [-0.25, -0.2) is 0 Å². The van der Waals surface area contributed by atoms with E-state index in [1.54, 1.807) is 0 Å². The first-order chi connectivity index (χ1) is 15.5. The number of amides is 2. The van der Waals surface area contributed by atoms with Crippen molar-refractivity contribution in [2.75, 3.05) is 26.2 Å². The Morgan fingerprint density at radius 2 is 1.62 bits per heavy atom. The predicted molar refractivity (Wildman–Crippen MR) is 120 cm³/mol. The molecule has 0 bridgehead atoms. The van der Waals surface area contributed by atoms with Gasteiger partial charge in [-0.3, -0.25) is 9.59 Å². The number of ether oxygens (including phenoxy) is 1. The highest BCUT2D eigenvalue weighted by molar-refractivity contribution is 5.80. The predicted octanol–water partition coefficient (Wildman–Crippen LogP) is 3.66. The van der Waals surface area contributed by atoms with Crippen molar-refractivity contribution in [1.82, 2.24) is 15.0 Å². The first kappa shape index (κ1) is 22.4. The van der Waals surface area contributed by atoms with E-state index in [9.17, 15) is 9.59 Å². The van der Waals surface area contributed by atoms with E-state index < -0.39 is 0 Å². The van der Waals surface area contributed by atoms with Crippen molar-refractivity contribution >= 4 is 11.8 Å². The number of hydrogen-bond acceptors (Lipinski definition) is 5. The van der Waals surface area contributed by atoms with Crippen molar-refractivity contribution in [3.63, 3.8) is 0 Å². The lowest BCUT2D eigenvalue weighted by Crippen LogP contribution is -2.51. The normalized spacial score (nSPS) is 17.1. The number of nitrogens with zero attached hydrogens (tertiary/aromatic N) is 3. The summed E-state index contributed by atoms with van der Waals surface area (Å²) >= 11 is 0. The van der Waals surface area contributed by atoms with E-state index in [1.807, 2.05) is 47.9 Å². The van der Waals surface area contributed by atoms with Crippen LogP contribution in [-0.4, -0.2) is 52.9 Å². The van der Waals surface area contributed by atoms with Crippen LogP contribution in [0.2, 0.25) is 0 Å². The lowest BCUT2D eigenvalue weighted by Gasteiger charge is -2.35. The van der Waals surface area contributed by atoms with Crippen molar-refractivity contribution in [2.24, 2.45) is 5.92 Å². The standard InChI is InChI=1S/C25H33N3O4/c1-18-23(19(2)32-26-18)17-31-22-9-7-21(8-10-22)16-25(30)28-13-11-27(12-14-28)24(29)15-20-5-3-4-6-20/h7-10,20H,3-6,11-17H2,1-2H3. The van der Waals surface area contributed by atoms with Crippen molar-refractivity contribution in [1.29, 1.82) is 0 Å². The van der Waals surface area contributed by atoms with Crippen molar-refractivity contribution in [3.05, 3.63) is 46.8 Å². The Morgan fingerprint density at radius 1 is 1.00 bits per heavy atom. The first-order valence-corrected chi connectivity index (χ1v) is 11.7. The molecule has 2 aliphatic rings. The number of piperazine rings is 1. The van der Waals surface area contributed by atoms with E-state index in [0.717, 1.165) is 28.3 Å². The summed E-state index contributed by atoms with van der Waals surface area (Å²) in [6, 6.07) is 7.64. The highest BCUT2D eigenvalue weighted by Crippen LogP contribution is 2.28. The van der Waals surface area contributed by atoms with Gasteiger partial charge < -0.3 is 19.1 Å².